The lowest BCUT2D eigenvalue weighted by Crippen LogP contribution is -2.10. The number of aromatic nitrogens is 1. The Balaban J connectivity index is 2.13. The van der Waals surface area contributed by atoms with E-state index < -0.39 is 0 Å². The van der Waals surface area contributed by atoms with Crippen LogP contribution in [0.25, 0.3) is 0 Å². The highest BCUT2D eigenvalue weighted by atomic mass is 16.5. The Labute approximate surface area is 103 Å². The second-order valence-corrected chi connectivity index (χ2v) is 4.13. The van der Waals surface area contributed by atoms with Crippen LogP contribution in [0.5, 0.6) is 0 Å². The molecule has 1 rings (SSSR count). The third kappa shape index (κ3) is 6.09. The minimum Gasteiger partial charge on any atom is -0.385 e. The van der Waals surface area contributed by atoms with E-state index in [1.54, 1.807) is 6.20 Å². The number of ether oxygens (including phenoxy) is 1. The maximum absolute atomic E-state index is 5.47. The summed E-state index contributed by atoms with van der Waals surface area (Å²) in [4.78, 5) is 4.04. The zero-order chi connectivity index (χ0) is 12.5. The maximum Gasteiger partial charge on any atom is 0.141 e. The van der Waals surface area contributed by atoms with Crippen LogP contribution in [0.4, 0.5) is 11.5 Å². The summed E-state index contributed by atoms with van der Waals surface area (Å²) < 4.78 is 5.47. The van der Waals surface area contributed by atoms with Crippen LogP contribution in [-0.2, 0) is 4.74 Å². The van der Waals surface area contributed by atoms with Crippen molar-refractivity contribution in [3.8, 4) is 0 Å². The van der Waals surface area contributed by atoms with E-state index in [4.69, 9.17) is 10.6 Å². The second kappa shape index (κ2) is 7.86. The fourth-order valence-corrected chi connectivity index (χ4v) is 1.40. The van der Waals surface area contributed by atoms with Gasteiger partial charge in [0.2, 0.25) is 0 Å². The first kappa shape index (κ1) is 13.7. The van der Waals surface area contributed by atoms with E-state index in [2.05, 4.69) is 29.6 Å². The topological polar surface area (TPSA) is 72.2 Å². The van der Waals surface area contributed by atoms with Gasteiger partial charge in [-0.25, -0.2) is 10.8 Å². The summed E-state index contributed by atoms with van der Waals surface area (Å²) >= 11 is 0. The van der Waals surface area contributed by atoms with Crippen molar-refractivity contribution < 1.29 is 4.74 Å². The van der Waals surface area contributed by atoms with E-state index in [0.717, 1.165) is 31.7 Å². The van der Waals surface area contributed by atoms with E-state index in [9.17, 15) is 0 Å². The summed E-state index contributed by atoms with van der Waals surface area (Å²) in [6, 6.07) is 3.80. The van der Waals surface area contributed by atoms with Gasteiger partial charge in [0, 0.05) is 31.1 Å². The van der Waals surface area contributed by atoms with Crippen LogP contribution in [0.3, 0.4) is 0 Å². The van der Waals surface area contributed by atoms with Gasteiger partial charge in [-0.3, -0.25) is 0 Å². The van der Waals surface area contributed by atoms with Gasteiger partial charge in [-0.15, -0.1) is 0 Å². The molecule has 0 bridgehead atoms. The smallest absolute Gasteiger partial charge is 0.141 e. The quantitative estimate of drug-likeness (QED) is 0.367. The summed E-state index contributed by atoms with van der Waals surface area (Å²) in [5.41, 5.74) is 3.55. The van der Waals surface area contributed by atoms with Crippen molar-refractivity contribution in [2.45, 2.75) is 32.8 Å². The number of nitrogen functional groups attached to an aromatic ring is 1. The summed E-state index contributed by atoms with van der Waals surface area (Å²) in [5, 5.41) is 3.32. The van der Waals surface area contributed by atoms with Crippen LogP contribution < -0.4 is 16.6 Å². The number of hydrazine groups is 1. The van der Waals surface area contributed by atoms with Crippen LogP contribution >= 0.6 is 0 Å². The highest BCUT2D eigenvalue weighted by Crippen LogP contribution is 2.10. The maximum atomic E-state index is 5.47. The van der Waals surface area contributed by atoms with E-state index >= 15 is 0 Å². The fraction of sp³-hybridized carbons (Fsp3) is 0.583. The first-order valence-corrected chi connectivity index (χ1v) is 6.00. The highest BCUT2D eigenvalue weighted by Gasteiger charge is 1.96. The lowest BCUT2D eigenvalue weighted by molar-refractivity contribution is 0.0765. The zero-order valence-corrected chi connectivity index (χ0v) is 10.6. The largest absolute Gasteiger partial charge is 0.385 e. The molecular formula is C12H22N4O. The van der Waals surface area contributed by atoms with Crippen LogP contribution in [0.15, 0.2) is 18.3 Å². The molecule has 0 aliphatic carbocycles. The number of anilines is 2. The molecule has 4 N–H and O–H groups in total. The molecule has 0 atom stereocenters. The Hall–Kier alpha value is -1.33. The van der Waals surface area contributed by atoms with Crippen molar-refractivity contribution >= 4 is 11.5 Å². The van der Waals surface area contributed by atoms with Crippen molar-refractivity contribution in [1.29, 1.82) is 0 Å². The molecule has 1 aromatic heterocycles. The highest BCUT2D eigenvalue weighted by molar-refractivity contribution is 5.51. The van der Waals surface area contributed by atoms with E-state index in [0.29, 0.717) is 11.9 Å². The first-order valence-electron chi connectivity index (χ1n) is 6.00. The van der Waals surface area contributed by atoms with E-state index in [1.807, 2.05) is 12.1 Å². The van der Waals surface area contributed by atoms with Gasteiger partial charge in [0.25, 0.3) is 0 Å². The second-order valence-electron chi connectivity index (χ2n) is 4.13. The number of rotatable bonds is 8. The molecule has 0 radical (unpaired) electrons. The third-order valence-corrected chi connectivity index (χ3v) is 2.26. The molecule has 0 spiro atoms. The number of nitrogens with two attached hydrogens (primary N) is 1. The Bertz CT molecular complexity index is 317. The molecule has 5 nitrogen and oxygen atoms in total. The summed E-state index contributed by atoms with van der Waals surface area (Å²) in [5.74, 6) is 5.95. The SMILES string of the molecule is CC(C)OCCCCNc1ccnc(NN)c1. The lowest BCUT2D eigenvalue weighted by Gasteiger charge is -2.09. The van der Waals surface area contributed by atoms with Gasteiger partial charge < -0.3 is 15.5 Å². The van der Waals surface area contributed by atoms with Gasteiger partial charge in [-0.05, 0) is 32.8 Å². The number of pyridine rings is 1. The van der Waals surface area contributed by atoms with Gasteiger partial charge in [0.15, 0.2) is 0 Å². The van der Waals surface area contributed by atoms with Gasteiger partial charge in [0.05, 0.1) is 6.10 Å². The number of nitrogens with one attached hydrogen (secondary N) is 2. The molecule has 0 saturated carbocycles. The van der Waals surface area contributed by atoms with Gasteiger partial charge in [0.1, 0.15) is 5.82 Å². The molecule has 0 aliphatic rings. The Morgan fingerprint density at radius 3 is 2.94 bits per heavy atom. The van der Waals surface area contributed by atoms with Gasteiger partial charge in [-0.2, -0.15) is 0 Å². The molecule has 0 fully saturated rings. The van der Waals surface area contributed by atoms with Crippen LogP contribution in [0.2, 0.25) is 0 Å². The standard InChI is InChI=1S/C12H22N4O/c1-10(2)17-8-4-3-6-14-11-5-7-15-12(9-11)16-13/h5,7,9-10H,3-4,6,8,13H2,1-2H3,(H2,14,15,16). The molecule has 0 aromatic carbocycles. The molecule has 0 saturated heterocycles. The van der Waals surface area contributed by atoms with Crippen molar-refractivity contribution in [1.82, 2.24) is 4.98 Å². The predicted octanol–water partition coefficient (Wildman–Crippen LogP) is 1.98. The molecule has 0 aliphatic heterocycles. The average molecular weight is 238 g/mol. The van der Waals surface area contributed by atoms with Crippen molar-refractivity contribution in [2.24, 2.45) is 5.84 Å². The van der Waals surface area contributed by atoms with Crippen LogP contribution in [-0.4, -0.2) is 24.2 Å². The molecular weight excluding hydrogens is 216 g/mol. The number of nitrogens with zero attached hydrogens (tertiary/aromatic N) is 1. The molecule has 5 heteroatoms. The Morgan fingerprint density at radius 1 is 1.41 bits per heavy atom. The monoisotopic (exact) mass is 238 g/mol. The third-order valence-electron chi connectivity index (χ3n) is 2.26. The van der Waals surface area contributed by atoms with Crippen molar-refractivity contribution in [3.63, 3.8) is 0 Å². The molecule has 1 heterocycles. The van der Waals surface area contributed by atoms with Crippen LogP contribution in [0, 0.1) is 0 Å². The van der Waals surface area contributed by atoms with Crippen molar-refractivity contribution in [3.05, 3.63) is 18.3 Å². The number of unbranched alkanes of at least 4 members (excludes halogenated alkanes) is 1. The molecule has 0 unspecified atom stereocenters. The number of hydrogen-bond donors (Lipinski definition) is 3. The molecule has 0 amide bonds. The first-order chi connectivity index (χ1) is 8.22. The number of hydrogen-bond acceptors (Lipinski definition) is 5. The predicted molar refractivity (Wildman–Crippen MR) is 70.9 cm³/mol. The normalized spacial score (nSPS) is 10.6. The summed E-state index contributed by atoms with van der Waals surface area (Å²) in [6.45, 7) is 5.86. The molecule has 1 aromatic rings. The Morgan fingerprint density at radius 2 is 2.24 bits per heavy atom. The van der Waals surface area contributed by atoms with Crippen molar-refractivity contribution in [2.75, 3.05) is 23.9 Å². The van der Waals surface area contributed by atoms with E-state index in [-0.39, 0.29) is 0 Å². The molecule has 96 valence electrons. The Kier molecular flexibility index (Phi) is 6.35. The van der Waals surface area contributed by atoms with E-state index in [1.165, 1.54) is 0 Å². The van der Waals surface area contributed by atoms with Crippen LogP contribution in [0.1, 0.15) is 26.7 Å². The minimum absolute atomic E-state index is 0.321. The summed E-state index contributed by atoms with van der Waals surface area (Å²) in [6.07, 6.45) is 4.19. The summed E-state index contributed by atoms with van der Waals surface area (Å²) in [7, 11) is 0. The zero-order valence-electron chi connectivity index (χ0n) is 10.6. The minimum atomic E-state index is 0.321. The lowest BCUT2D eigenvalue weighted by atomic mass is 10.3. The van der Waals surface area contributed by atoms with Gasteiger partial charge in [-0.1, -0.05) is 0 Å². The fourth-order valence-electron chi connectivity index (χ4n) is 1.40. The average Bonchev–Trinajstić information content (AvgIpc) is 2.33. The van der Waals surface area contributed by atoms with Gasteiger partial charge >= 0.3 is 0 Å². The molecule has 17 heavy (non-hydrogen) atoms.